The number of phenols is 1. The topological polar surface area (TPSA) is 257 Å². The molecule has 11 N–H and O–H groups in total. The number of aliphatic carboxylic acids is 1. The summed E-state index contributed by atoms with van der Waals surface area (Å²) in [5, 5.41) is 25.3. The molecule has 0 aliphatic rings. The molecule has 4 unspecified atom stereocenters. The molecule has 14 nitrogen and oxygen atoms in total. The van der Waals surface area contributed by atoms with Gasteiger partial charge in [0.05, 0.1) is 12.5 Å². The Balaban J connectivity index is 2.84. The minimum Gasteiger partial charge on any atom is -0.508 e. The van der Waals surface area contributed by atoms with Gasteiger partial charge >= 0.3 is 5.97 Å². The van der Waals surface area contributed by atoms with E-state index in [9.17, 15) is 39.0 Å². The van der Waals surface area contributed by atoms with E-state index in [1.165, 1.54) is 12.1 Å². The van der Waals surface area contributed by atoms with Crippen LogP contribution in [-0.2, 0) is 35.2 Å². The van der Waals surface area contributed by atoms with Crippen molar-refractivity contribution in [2.45, 2.75) is 49.9 Å². The van der Waals surface area contributed by atoms with Gasteiger partial charge in [0.2, 0.25) is 29.5 Å². The summed E-state index contributed by atoms with van der Waals surface area (Å²) in [6.07, 6.45) is -1.22. The Bertz CT molecular complexity index is 974. The molecule has 1 aromatic carbocycles. The summed E-state index contributed by atoms with van der Waals surface area (Å²) in [5.74, 6) is -6.03. The summed E-state index contributed by atoms with van der Waals surface area (Å²) >= 11 is 4.02. The van der Waals surface area contributed by atoms with Crippen molar-refractivity contribution in [2.24, 2.45) is 17.2 Å². The van der Waals surface area contributed by atoms with Crippen molar-refractivity contribution in [2.75, 3.05) is 5.75 Å². The van der Waals surface area contributed by atoms with Crippen LogP contribution in [0.4, 0.5) is 0 Å². The highest BCUT2D eigenvalue weighted by Crippen LogP contribution is 2.11. The van der Waals surface area contributed by atoms with Crippen LogP contribution in [0.5, 0.6) is 5.75 Å². The number of hydrogen-bond acceptors (Lipinski definition) is 9. The first-order valence-corrected chi connectivity index (χ1v) is 11.3. The number of carbonyl (C=O) groups is 6. The second-order valence-electron chi connectivity index (χ2n) is 7.86. The third-order valence-corrected chi connectivity index (χ3v) is 5.24. The molecule has 0 saturated heterocycles. The lowest BCUT2D eigenvalue weighted by molar-refractivity contribution is -0.142. The number of benzene rings is 1. The fraction of sp³-hybridized carbons (Fsp3) is 0.429. The summed E-state index contributed by atoms with van der Waals surface area (Å²) in [7, 11) is 0. The second kappa shape index (κ2) is 14.5. The number of hydrogen-bond donors (Lipinski definition) is 9. The first kappa shape index (κ1) is 30.2. The number of aromatic hydroxyl groups is 1. The van der Waals surface area contributed by atoms with Crippen LogP contribution in [-0.4, -0.2) is 75.6 Å². The van der Waals surface area contributed by atoms with Crippen LogP contribution in [0.25, 0.3) is 0 Å². The predicted molar refractivity (Wildman–Crippen MR) is 129 cm³/mol. The van der Waals surface area contributed by atoms with Crippen molar-refractivity contribution in [3.8, 4) is 5.75 Å². The maximum Gasteiger partial charge on any atom is 0.326 e. The molecule has 1 rings (SSSR count). The number of primary amides is 2. The molecule has 5 amide bonds. The summed E-state index contributed by atoms with van der Waals surface area (Å²) in [5.41, 5.74) is 16.7. The van der Waals surface area contributed by atoms with Crippen LogP contribution in [0, 0.1) is 0 Å². The molecule has 1 aromatic rings. The SMILES string of the molecule is NC(=O)CCC(NC(=O)C(CC(N)=O)NC(=O)C(CS)NC(=O)C(N)Cc1ccc(O)cc1)C(=O)O. The third-order valence-electron chi connectivity index (χ3n) is 4.88. The zero-order chi connectivity index (χ0) is 27.4. The number of amides is 5. The van der Waals surface area contributed by atoms with Crippen molar-refractivity contribution >= 4 is 48.1 Å². The Morgan fingerprint density at radius 1 is 0.833 bits per heavy atom. The Morgan fingerprint density at radius 3 is 1.86 bits per heavy atom. The fourth-order valence-corrected chi connectivity index (χ4v) is 3.21. The molecular formula is C21H30N6O8S. The van der Waals surface area contributed by atoms with Gasteiger partial charge in [-0.2, -0.15) is 12.6 Å². The van der Waals surface area contributed by atoms with Gasteiger partial charge in [-0.3, -0.25) is 24.0 Å². The summed E-state index contributed by atoms with van der Waals surface area (Å²) < 4.78 is 0. The minimum atomic E-state index is -1.57. The average Bonchev–Trinajstić information content (AvgIpc) is 2.79. The molecular weight excluding hydrogens is 496 g/mol. The maximum absolute atomic E-state index is 12.7. The number of rotatable bonds is 15. The smallest absolute Gasteiger partial charge is 0.326 e. The lowest BCUT2D eigenvalue weighted by Gasteiger charge is -2.24. The van der Waals surface area contributed by atoms with Crippen LogP contribution in [0.1, 0.15) is 24.8 Å². The van der Waals surface area contributed by atoms with Crippen LogP contribution < -0.4 is 33.2 Å². The number of nitrogens with two attached hydrogens (primary N) is 3. The van der Waals surface area contributed by atoms with E-state index >= 15 is 0 Å². The van der Waals surface area contributed by atoms with Crippen LogP contribution in [0.3, 0.4) is 0 Å². The van der Waals surface area contributed by atoms with Gasteiger partial charge in [-0.05, 0) is 30.5 Å². The fourth-order valence-electron chi connectivity index (χ4n) is 2.95. The standard InChI is InChI=1S/C21H30N6O8S/c22-12(7-10-1-3-11(28)4-2-10)18(31)27-15(9-36)20(33)26-14(8-17(24)30)19(32)25-13(21(34)35)5-6-16(23)29/h1-4,12-15,28,36H,5-9,22H2,(H2,23,29)(H2,24,30)(H,25,32)(H,26,33)(H,27,31)(H,34,35). The number of carbonyl (C=O) groups excluding carboxylic acids is 5. The summed E-state index contributed by atoms with van der Waals surface area (Å²) in [6, 6.07) is 0.591. The number of nitrogens with one attached hydrogen (secondary N) is 3. The molecule has 0 aliphatic heterocycles. The quantitative estimate of drug-likeness (QED) is 0.105. The molecule has 0 heterocycles. The monoisotopic (exact) mass is 526 g/mol. The molecule has 0 spiro atoms. The van der Waals surface area contributed by atoms with Crippen molar-refractivity contribution < 1.29 is 39.0 Å². The molecule has 0 aromatic heterocycles. The average molecular weight is 527 g/mol. The highest BCUT2D eigenvalue weighted by Gasteiger charge is 2.31. The Kier molecular flexibility index (Phi) is 12.2. The van der Waals surface area contributed by atoms with Gasteiger partial charge in [0.25, 0.3) is 0 Å². The minimum absolute atomic E-state index is 0.0423. The van der Waals surface area contributed by atoms with Crippen molar-refractivity contribution in [3.05, 3.63) is 29.8 Å². The largest absolute Gasteiger partial charge is 0.508 e. The highest BCUT2D eigenvalue weighted by atomic mass is 32.1. The van der Waals surface area contributed by atoms with Crippen molar-refractivity contribution in [1.82, 2.24) is 16.0 Å². The van der Waals surface area contributed by atoms with E-state index in [0.29, 0.717) is 5.56 Å². The molecule has 15 heteroatoms. The molecule has 4 atom stereocenters. The van der Waals surface area contributed by atoms with E-state index < -0.39 is 66.1 Å². The van der Waals surface area contributed by atoms with Crippen LogP contribution in [0.2, 0.25) is 0 Å². The van der Waals surface area contributed by atoms with E-state index in [-0.39, 0.29) is 30.8 Å². The van der Waals surface area contributed by atoms with Gasteiger partial charge in [0.1, 0.15) is 23.9 Å². The van der Waals surface area contributed by atoms with Gasteiger partial charge in [-0.25, -0.2) is 4.79 Å². The first-order chi connectivity index (χ1) is 16.8. The van der Waals surface area contributed by atoms with Gasteiger partial charge in [-0.15, -0.1) is 0 Å². The van der Waals surface area contributed by atoms with Crippen LogP contribution in [0.15, 0.2) is 24.3 Å². The molecule has 0 aliphatic carbocycles. The zero-order valence-electron chi connectivity index (χ0n) is 19.2. The van der Waals surface area contributed by atoms with E-state index in [0.717, 1.165) is 0 Å². The lowest BCUT2D eigenvalue weighted by Crippen LogP contribution is -2.58. The zero-order valence-corrected chi connectivity index (χ0v) is 20.1. The second-order valence-corrected chi connectivity index (χ2v) is 8.22. The van der Waals surface area contributed by atoms with E-state index in [2.05, 4.69) is 28.6 Å². The molecule has 0 saturated carbocycles. The number of phenolic OH excluding ortho intramolecular Hbond substituents is 1. The molecule has 36 heavy (non-hydrogen) atoms. The number of carboxylic acid groups (broad SMARTS) is 1. The summed E-state index contributed by atoms with van der Waals surface area (Å²) in [6.45, 7) is 0. The molecule has 0 radical (unpaired) electrons. The van der Waals surface area contributed by atoms with Gasteiger partial charge < -0.3 is 43.4 Å². The maximum atomic E-state index is 12.7. The Labute approximate surface area is 211 Å². The Morgan fingerprint density at radius 2 is 1.36 bits per heavy atom. The molecule has 0 fully saturated rings. The van der Waals surface area contributed by atoms with E-state index in [4.69, 9.17) is 17.2 Å². The Hall–Kier alpha value is -3.85. The number of thiol groups is 1. The van der Waals surface area contributed by atoms with Crippen molar-refractivity contribution in [1.29, 1.82) is 0 Å². The molecule has 0 bridgehead atoms. The van der Waals surface area contributed by atoms with Crippen LogP contribution >= 0.6 is 12.6 Å². The van der Waals surface area contributed by atoms with E-state index in [1.807, 2.05) is 0 Å². The summed E-state index contributed by atoms with van der Waals surface area (Å²) in [4.78, 5) is 71.5. The van der Waals surface area contributed by atoms with Gasteiger partial charge in [0.15, 0.2) is 0 Å². The van der Waals surface area contributed by atoms with Gasteiger partial charge in [0, 0.05) is 12.2 Å². The third kappa shape index (κ3) is 10.6. The first-order valence-electron chi connectivity index (χ1n) is 10.7. The van der Waals surface area contributed by atoms with E-state index in [1.54, 1.807) is 12.1 Å². The molecule has 198 valence electrons. The highest BCUT2D eigenvalue weighted by molar-refractivity contribution is 7.80. The lowest BCUT2D eigenvalue weighted by atomic mass is 10.1. The van der Waals surface area contributed by atoms with Gasteiger partial charge in [-0.1, -0.05) is 12.1 Å². The predicted octanol–water partition coefficient (Wildman–Crippen LogP) is -3.13. The normalized spacial score (nSPS) is 13.9. The number of carboxylic acids is 1. The van der Waals surface area contributed by atoms with Crippen molar-refractivity contribution in [3.63, 3.8) is 0 Å².